The predicted octanol–water partition coefficient (Wildman–Crippen LogP) is 4.28. The van der Waals surface area contributed by atoms with E-state index in [1.54, 1.807) is 12.1 Å². The molecule has 1 heterocycles. The Morgan fingerprint density at radius 1 is 1.19 bits per heavy atom. The highest BCUT2D eigenvalue weighted by atomic mass is 35.5. The molecule has 26 heavy (non-hydrogen) atoms. The number of ether oxygens (including phenoxy) is 1. The predicted molar refractivity (Wildman–Crippen MR) is 105 cm³/mol. The first kappa shape index (κ1) is 18.2. The van der Waals surface area contributed by atoms with Crippen LogP contribution in [0.1, 0.15) is 12.8 Å². The van der Waals surface area contributed by atoms with Gasteiger partial charge in [0.25, 0.3) is 0 Å². The number of halogens is 1. The summed E-state index contributed by atoms with van der Waals surface area (Å²) in [7, 11) is 0. The van der Waals surface area contributed by atoms with E-state index in [1.165, 1.54) is 0 Å². The van der Waals surface area contributed by atoms with Crippen molar-refractivity contribution in [1.82, 2.24) is 15.5 Å². The maximum Gasteiger partial charge on any atom is 0.246 e. The van der Waals surface area contributed by atoms with E-state index in [9.17, 15) is 0 Å². The second kappa shape index (κ2) is 8.64. The van der Waals surface area contributed by atoms with Crippen molar-refractivity contribution in [3.63, 3.8) is 0 Å². The van der Waals surface area contributed by atoms with Crippen LogP contribution in [-0.2, 0) is 6.54 Å². The molecule has 0 aliphatic carbocycles. The summed E-state index contributed by atoms with van der Waals surface area (Å²) in [5.74, 6) is 1.66. The monoisotopic (exact) mass is 388 g/mol. The van der Waals surface area contributed by atoms with Crippen LogP contribution in [0.5, 0.6) is 5.75 Å². The van der Waals surface area contributed by atoms with Gasteiger partial charge in [-0.25, -0.2) is 0 Å². The molecule has 0 atom stereocenters. The van der Waals surface area contributed by atoms with Gasteiger partial charge in [0.15, 0.2) is 5.11 Å². The van der Waals surface area contributed by atoms with E-state index in [1.807, 2.05) is 43.3 Å². The molecular formula is C18H17ClN4O2S. The average Bonchev–Trinajstić information content (AvgIpc) is 3.11. The van der Waals surface area contributed by atoms with Gasteiger partial charge < -0.3 is 19.9 Å². The molecular weight excluding hydrogens is 372 g/mol. The van der Waals surface area contributed by atoms with Gasteiger partial charge in [-0.05, 0) is 55.5 Å². The first-order valence-corrected chi connectivity index (χ1v) is 8.79. The SMILES string of the molecule is CCOc1ccccc1NC(=S)NCc1nc(-c2ccc(Cl)cc2)no1. The minimum Gasteiger partial charge on any atom is -0.492 e. The zero-order valence-electron chi connectivity index (χ0n) is 14.0. The molecule has 0 fully saturated rings. The number of nitrogens with zero attached hydrogens (tertiary/aromatic N) is 2. The summed E-state index contributed by atoms with van der Waals surface area (Å²) in [4.78, 5) is 4.34. The maximum atomic E-state index is 5.88. The van der Waals surface area contributed by atoms with Gasteiger partial charge in [0.2, 0.25) is 11.7 Å². The molecule has 3 rings (SSSR count). The normalized spacial score (nSPS) is 10.4. The molecule has 0 aliphatic heterocycles. The van der Waals surface area contributed by atoms with E-state index in [2.05, 4.69) is 20.8 Å². The van der Waals surface area contributed by atoms with Gasteiger partial charge in [-0.1, -0.05) is 28.9 Å². The molecule has 0 bridgehead atoms. The van der Waals surface area contributed by atoms with Crippen molar-refractivity contribution < 1.29 is 9.26 Å². The maximum absolute atomic E-state index is 5.88. The van der Waals surface area contributed by atoms with Crippen LogP contribution < -0.4 is 15.4 Å². The Morgan fingerprint density at radius 2 is 1.96 bits per heavy atom. The Balaban J connectivity index is 1.58. The summed E-state index contributed by atoms with van der Waals surface area (Å²) in [6.45, 7) is 2.82. The number of aromatic nitrogens is 2. The Morgan fingerprint density at radius 3 is 2.73 bits per heavy atom. The Labute approximate surface area is 161 Å². The Bertz CT molecular complexity index is 883. The summed E-state index contributed by atoms with van der Waals surface area (Å²) < 4.78 is 10.8. The number of anilines is 1. The zero-order valence-corrected chi connectivity index (χ0v) is 15.6. The van der Waals surface area contributed by atoms with Gasteiger partial charge in [0.1, 0.15) is 5.75 Å². The van der Waals surface area contributed by atoms with Crippen LogP contribution in [-0.4, -0.2) is 21.9 Å². The van der Waals surface area contributed by atoms with Gasteiger partial charge in [-0.3, -0.25) is 0 Å². The topological polar surface area (TPSA) is 72.2 Å². The fourth-order valence-electron chi connectivity index (χ4n) is 2.22. The molecule has 6 nitrogen and oxygen atoms in total. The molecule has 0 radical (unpaired) electrons. The third-order valence-electron chi connectivity index (χ3n) is 3.41. The number of thiocarbonyl (C=S) groups is 1. The standard InChI is InChI=1S/C18H17ClN4O2S/c1-2-24-15-6-4-3-5-14(15)21-18(26)20-11-16-22-17(23-25-16)12-7-9-13(19)10-8-12/h3-10H,2,11H2,1H3,(H2,20,21,26). The second-order valence-electron chi connectivity index (χ2n) is 5.26. The highest BCUT2D eigenvalue weighted by molar-refractivity contribution is 7.80. The molecule has 0 saturated heterocycles. The van der Waals surface area contributed by atoms with Crippen LogP contribution in [0.25, 0.3) is 11.4 Å². The third kappa shape index (κ3) is 4.71. The molecule has 8 heteroatoms. The fourth-order valence-corrected chi connectivity index (χ4v) is 2.52. The molecule has 0 saturated carbocycles. The average molecular weight is 389 g/mol. The quantitative estimate of drug-likeness (QED) is 0.610. The number of hydrogen-bond donors (Lipinski definition) is 2. The summed E-state index contributed by atoms with van der Waals surface area (Å²) in [5, 5.41) is 11.2. The van der Waals surface area contributed by atoms with Crippen LogP contribution in [0.2, 0.25) is 5.02 Å². The van der Waals surface area contributed by atoms with E-state index in [-0.39, 0.29) is 0 Å². The van der Waals surface area contributed by atoms with Crippen molar-refractivity contribution in [3.8, 4) is 17.1 Å². The lowest BCUT2D eigenvalue weighted by Crippen LogP contribution is -2.28. The number of benzene rings is 2. The van der Waals surface area contributed by atoms with E-state index >= 15 is 0 Å². The van der Waals surface area contributed by atoms with Crippen molar-refractivity contribution in [2.45, 2.75) is 13.5 Å². The highest BCUT2D eigenvalue weighted by Gasteiger charge is 2.10. The molecule has 0 amide bonds. The molecule has 134 valence electrons. The van der Waals surface area contributed by atoms with Crippen molar-refractivity contribution in [2.24, 2.45) is 0 Å². The number of nitrogens with one attached hydrogen (secondary N) is 2. The fraction of sp³-hybridized carbons (Fsp3) is 0.167. The number of rotatable bonds is 6. The molecule has 2 N–H and O–H groups in total. The van der Waals surface area contributed by atoms with Gasteiger partial charge in [-0.2, -0.15) is 4.98 Å². The Kier molecular flexibility index (Phi) is 6.04. The lowest BCUT2D eigenvalue weighted by atomic mass is 10.2. The Hall–Kier alpha value is -2.64. The summed E-state index contributed by atoms with van der Waals surface area (Å²) in [5.41, 5.74) is 1.62. The summed E-state index contributed by atoms with van der Waals surface area (Å²) >= 11 is 11.2. The summed E-state index contributed by atoms with van der Waals surface area (Å²) in [6, 6.07) is 14.8. The summed E-state index contributed by atoms with van der Waals surface area (Å²) in [6.07, 6.45) is 0. The van der Waals surface area contributed by atoms with Crippen LogP contribution >= 0.6 is 23.8 Å². The van der Waals surface area contributed by atoms with Gasteiger partial charge in [-0.15, -0.1) is 0 Å². The van der Waals surface area contributed by atoms with E-state index < -0.39 is 0 Å². The molecule has 0 spiro atoms. The van der Waals surface area contributed by atoms with Crippen molar-refractivity contribution in [2.75, 3.05) is 11.9 Å². The van der Waals surface area contributed by atoms with E-state index in [0.29, 0.717) is 35.0 Å². The minimum atomic E-state index is 0.309. The molecule has 3 aromatic rings. The van der Waals surface area contributed by atoms with Gasteiger partial charge >= 0.3 is 0 Å². The largest absolute Gasteiger partial charge is 0.492 e. The lowest BCUT2D eigenvalue weighted by molar-refractivity contribution is 0.342. The van der Waals surface area contributed by atoms with Crippen LogP contribution in [0.15, 0.2) is 53.1 Å². The third-order valence-corrected chi connectivity index (χ3v) is 3.90. The minimum absolute atomic E-state index is 0.309. The molecule has 2 aromatic carbocycles. The van der Waals surface area contributed by atoms with Crippen molar-refractivity contribution >= 4 is 34.6 Å². The van der Waals surface area contributed by atoms with Crippen molar-refractivity contribution in [1.29, 1.82) is 0 Å². The van der Waals surface area contributed by atoms with Crippen molar-refractivity contribution in [3.05, 3.63) is 59.4 Å². The molecule has 1 aromatic heterocycles. The molecule has 0 aliphatic rings. The lowest BCUT2D eigenvalue weighted by Gasteiger charge is -2.13. The first-order chi connectivity index (χ1) is 12.7. The van der Waals surface area contributed by atoms with Gasteiger partial charge in [0.05, 0.1) is 18.8 Å². The molecule has 0 unspecified atom stereocenters. The number of para-hydroxylation sites is 2. The first-order valence-electron chi connectivity index (χ1n) is 8.01. The van der Waals surface area contributed by atoms with Crippen LogP contribution in [0.3, 0.4) is 0 Å². The zero-order chi connectivity index (χ0) is 18.4. The number of hydrogen-bond acceptors (Lipinski definition) is 5. The van der Waals surface area contributed by atoms with Crippen LogP contribution in [0, 0.1) is 0 Å². The van der Waals surface area contributed by atoms with E-state index in [4.69, 9.17) is 33.1 Å². The van der Waals surface area contributed by atoms with Gasteiger partial charge in [0, 0.05) is 10.6 Å². The van der Waals surface area contributed by atoms with Crippen LogP contribution in [0.4, 0.5) is 5.69 Å². The smallest absolute Gasteiger partial charge is 0.246 e. The second-order valence-corrected chi connectivity index (χ2v) is 6.10. The highest BCUT2D eigenvalue weighted by Crippen LogP contribution is 2.23. The van der Waals surface area contributed by atoms with E-state index in [0.717, 1.165) is 17.0 Å².